The van der Waals surface area contributed by atoms with Gasteiger partial charge in [-0.15, -0.1) is 0 Å². The molecular weight excluding hydrogens is 739 g/mol. The van der Waals surface area contributed by atoms with Crippen LogP contribution in [0.15, 0.2) is 54.6 Å². The highest BCUT2D eigenvalue weighted by molar-refractivity contribution is 5.79. The number of methoxy groups -OCH3 is 1. The number of nitrogens with one attached hydrogen (secondary N) is 2. The van der Waals surface area contributed by atoms with Crippen molar-refractivity contribution in [3.63, 3.8) is 0 Å². The molecular formula is C45H87N5O8. The lowest BCUT2D eigenvalue weighted by Gasteiger charge is -2.25. The van der Waals surface area contributed by atoms with E-state index in [1.807, 2.05) is 52.0 Å². The second-order valence-electron chi connectivity index (χ2n) is 13.6. The van der Waals surface area contributed by atoms with Gasteiger partial charge in [-0.3, -0.25) is 14.5 Å². The van der Waals surface area contributed by atoms with Crippen LogP contribution in [0.25, 0.3) is 0 Å². The molecule has 13 heteroatoms. The van der Waals surface area contributed by atoms with E-state index >= 15 is 0 Å². The lowest BCUT2D eigenvalue weighted by molar-refractivity contribution is -0.115. The first-order valence-electron chi connectivity index (χ1n) is 20.4. The van der Waals surface area contributed by atoms with Crippen LogP contribution in [0, 0.1) is 17.3 Å². The van der Waals surface area contributed by atoms with Gasteiger partial charge in [0, 0.05) is 59.3 Å². The van der Waals surface area contributed by atoms with Crippen LogP contribution >= 0.6 is 0 Å². The summed E-state index contributed by atoms with van der Waals surface area (Å²) < 4.78 is 9.48. The zero-order valence-corrected chi connectivity index (χ0v) is 39.2. The van der Waals surface area contributed by atoms with E-state index in [2.05, 4.69) is 112 Å². The maximum atomic E-state index is 10.2. The lowest BCUT2D eigenvalue weighted by atomic mass is 9.83. The Bertz CT molecular complexity index is 1110. The highest BCUT2D eigenvalue weighted by atomic mass is 16.5. The van der Waals surface area contributed by atoms with Gasteiger partial charge in [-0.25, -0.2) is 4.79 Å². The third-order valence-corrected chi connectivity index (χ3v) is 7.19. The predicted molar refractivity (Wildman–Crippen MR) is 243 cm³/mol. The number of aliphatic hydroxyl groups is 2. The van der Waals surface area contributed by atoms with E-state index in [4.69, 9.17) is 19.7 Å². The summed E-state index contributed by atoms with van der Waals surface area (Å²) in [6, 6.07) is 18.6. The average molecular weight is 826 g/mol. The van der Waals surface area contributed by atoms with E-state index in [0.29, 0.717) is 19.6 Å². The summed E-state index contributed by atoms with van der Waals surface area (Å²) in [7, 11) is 3.53. The van der Waals surface area contributed by atoms with Crippen LogP contribution in [0.1, 0.15) is 101 Å². The van der Waals surface area contributed by atoms with Crippen LogP contribution in [0.4, 0.5) is 4.79 Å². The van der Waals surface area contributed by atoms with Crippen molar-refractivity contribution < 1.29 is 38.9 Å². The number of hydrogen-bond donors (Lipinski definition) is 5. The number of carbonyl (C=O) groups is 4. The Hall–Kier alpha value is -3.88. The molecule has 1 aliphatic rings. The van der Waals surface area contributed by atoms with E-state index in [-0.39, 0.29) is 24.3 Å². The summed E-state index contributed by atoms with van der Waals surface area (Å²) in [5, 5.41) is 22.0. The molecule has 13 nitrogen and oxygen atoms in total. The molecule has 58 heavy (non-hydrogen) atoms. The highest BCUT2D eigenvalue weighted by Gasteiger charge is 2.18. The fourth-order valence-electron chi connectivity index (χ4n) is 3.69. The normalized spacial score (nSPS) is 11.4. The molecule has 6 N–H and O–H groups in total. The number of amides is 3. The molecule has 0 aromatic heterocycles. The molecule has 1 fully saturated rings. The second-order valence-corrected chi connectivity index (χ2v) is 13.6. The van der Waals surface area contributed by atoms with E-state index < -0.39 is 6.09 Å². The van der Waals surface area contributed by atoms with Crippen LogP contribution in [-0.4, -0.2) is 119 Å². The molecule has 0 aliphatic carbocycles. The zero-order chi connectivity index (χ0) is 46.2. The number of likely N-dealkylation sites (N-methyl/N-ethyl adjacent to an activating group) is 1. The standard InChI is InChI=1S/C11H17NO2.C10H14.C7H14O.C6H14N2.C4H7NO3.C3H8.C2H6.CH3NO.CH4O/c1-2-14-11-5-3-10(4-6-11)9-12-7-8-13;1-9(2)8-10-6-4-3-5-7-10;1-6(5-8)7(2,3)4;1-2-8-5-3-7-4-6-8;1-5(3-6)4(7)8-2;1-3-2;1-2;2-1-3;1-2/h3-6,12-13H,2,7-9H2,1H3;3-7,9H,8H2,1-2H3;5-6H,1-4H3;7H,2-6H2,1H3;3H,1-2H3;3H2,1-2H3;1-2H3;1H,(H2,2,3);2H,1H3. The summed E-state index contributed by atoms with van der Waals surface area (Å²) in [4.78, 5) is 41.9. The van der Waals surface area contributed by atoms with Crippen molar-refractivity contribution in [3.8, 4) is 5.75 Å². The number of benzene rings is 2. The van der Waals surface area contributed by atoms with Crippen LogP contribution in [0.5, 0.6) is 5.75 Å². The molecule has 3 rings (SSSR count). The Morgan fingerprint density at radius 2 is 1.41 bits per heavy atom. The van der Waals surface area contributed by atoms with Gasteiger partial charge in [0.15, 0.2) is 0 Å². The van der Waals surface area contributed by atoms with E-state index in [1.165, 1.54) is 70.8 Å². The first kappa shape index (κ1) is 66.0. The molecule has 1 unspecified atom stereocenters. The van der Waals surface area contributed by atoms with Gasteiger partial charge in [0.1, 0.15) is 12.0 Å². The Labute approximate surface area is 354 Å². The highest BCUT2D eigenvalue weighted by Crippen LogP contribution is 2.22. The van der Waals surface area contributed by atoms with Crippen molar-refractivity contribution >= 4 is 25.2 Å². The minimum Gasteiger partial charge on any atom is -0.494 e. The van der Waals surface area contributed by atoms with Gasteiger partial charge >= 0.3 is 6.09 Å². The summed E-state index contributed by atoms with van der Waals surface area (Å²) in [5.74, 6) is 1.84. The first-order valence-corrected chi connectivity index (χ1v) is 20.4. The number of imide groups is 1. The van der Waals surface area contributed by atoms with Crippen molar-refractivity contribution in [3.05, 3.63) is 65.7 Å². The largest absolute Gasteiger partial charge is 0.494 e. The van der Waals surface area contributed by atoms with Crippen molar-refractivity contribution in [2.75, 3.05) is 73.7 Å². The lowest BCUT2D eigenvalue weighted by Crippen LogP contribution is -2.43. The maximum absolute atomic E-state index is 10.2. The molecule has 0 spiro atoms. The molecule has 1 heterocycles. The van der Waals surface area contributed by atoms with Gasteiger partial charge in [0.25, 0.3) is 0 Å². The zero-order valence-electron chi connectivity index (χ0n) is 39.2. The van der Waals surface area contributed by atoms with Crippen molar-refractivity contribution in [2.24, 2.45) is 23.0 Å². The molecule has 0 radical (unpaired) electrons. The Morgan fingerprint density at radius 1 is 0.931 bits per heavy atom. The quantitative estimate of drug-likeness (QED) is 0.118. The molecule has 2 aromatic rings. The van der Waals surface area contributed by atoms with E-state index in [0.717, 1.165) is 36.5 Å². The Kier molecular flexibility index (Phi) is 58.1. The minimum absolute atomic E-state index is 0.141. The second kappa shape index (κ2) is 51.1. The smallest absolute Gasteiger partial charge is 0.415 e. The number of piperazine rings is 1. The number of rotatable bonds is 11. The summed E-state index contributed by atoms with van der Waals surface area (Å²) >= 11 is 0. The summed E-state index contributed by atoms with van der Waals surface area (Å²) in [6.45, 7) is 33.4. The van der Waals surface area contributed by atoms with Gasteiger partial charge < -0.3 is 45.7 Å². The molecule has 0 saturated carbocycles. The number of aldehydes is 1. The third kappa shape index (κ3) is 50.1. The molecule has 2 aromatic carbocycles. The molecule has 0 bridgehead atoms. The Balaban J connectivity index is -0.000000140. The van der Waals surface area contributed by atoms with Crippen LogP contribution in [-0.2, 0) is 32.1 Å². The number of carbonyl (C=O) groups excluding carboxylic acids is 4. The number of primary amides is 1. The monoisotopic (exact) mass is 826 g/mol. The maximum Gasteiger partial charge on any atom is 0.415 e. The summed E-state index contributed by atoms with van der Waals surface area (Å²) in [6.07, 6.45) is 3.42. The van der Waals surface area contributed by atoms with E-state index in [9.17, 15) is 14.4 Å². The van der Waals surface area contributed by atoms with Crippen molar-refractivity contribution in [2.45, 2.75) is 102 Å². The number of hydrogen-bond acceptors (Lipinski definition) is 11. The summed E-state index contributed by atoms with van der Waals surface area (Å²) in [5.41, 5.74) is 6.95. The van der Waals surface area contributed by atoms with Crippen molar-refractivity contribution in [1.82, 2.24) is 20.4 Å². The van der Waals surface area contributed by atoms with Gasteiger partial charge in [0.2, 0.25) is 12.8 Å². The predicted octanol–water partition coefficient (Wildman–Crippen LogP) is 6.82. The molecule has 1 atom stereocenters. The average Bonchev–Trinajstić information content (AvgIpc) is 3.24. The van der Waals surface area contributed by atoms with Crippen LogP contribution in [0.3, 0.4) is 0 Å². The molecule has 3 amide bonds. The van der Waals surface area contributed by atoms with Crippen LogP contribution < -0.4 is 21.1 Å². The SMILES string of the molecule is CC.CC(C)Cc1ccccc1.CC(C=O)C(C)(C)C.CCC.CCN1CCNCC1.CCOc1ccc(CNCCO)cc1.CO.COC(=O)N(C)C=O.NC=O. The fraction of sp³-hybridized carbons (Fsp3) is 0.644. The van der Waals surface area contributed by atoms with Gasteiger partial charge in [-0.05, 0) is 54.5 Å². The number of aliphatic hydroxyl groups excluding tert-OH is 2. The topological polar surface area (TPSA) is 184 Å². The minimum atomic E-state index is -0.653. The Morgan fingerprint density at radius 3 is 1.71 bits per heavy atom. The van der Waals surface area contributed by atoms with E-state index in [1.54, 1.807) is 0 Å². The van der Waals surface area contributed by atoms with Gasteiger partial charge in [-0.2, -0.15) is 0 Å². The number of nitrogens with zero attached hydrogens (tertiary/aromatic N) is 2. The van der Waals surface area contributed by atoms with Gasteiger partial charge in [0.05, 0.1) is 20.3 Å². The number of nitrogens with two attached hydrogens (primary N) is 1. The van der Waals surface area contributed by atoms with Gasteiger partial charge in [-0.1, -0.05) is 125 Å². The molecule has 1 saturated heterocycles. The fourth-order valence-corrected chi connectivity index (χ4v) is 3.69. The number of ether oxygens (including phenoxy) is 2. The molecule has 340 valence electrons. The molecule has 1 aliphatic heterocycles. The van der Waals surface area contributed by atoms with Crippen LogP contribution in [0.2, 0.25) is 0 Å². The third-order valence-electron chi connectivity index (χ3n) is 7.19. The van der Waals surface area contributed by atoms with Crippen molar-refractivity contribution in [1.29, 1.82) is 0 Å². The first-order chi connectivity index (χ1) is 27.6.